The zero-order valence-corrected chi connectivity index (χ0v) is 13.2. The fourth-order valence-corrected chi connectivity index (χ4v) is 2.47. The minimum Gasteiger partial charge on any atom is -0.389 e. The lowest BCUT2D eigenvalue weighted by Crippen LogP contribution is -2.12. The molecule has 2 nitrogen and oxygen atoms in total. The number of hydrogen-bond donors (Lipinski definition) is 2. The number of thiocarbonyl (C=S) groups is 1. The molecule has 19 heavy (non-hydrogen) atoms. The fourth-order valence-electron chi connectivity index (χ4n) is 1.93. The lowest BCUT2D eigenvalue weighted by molar-refractivity contribution is 1.36. The van der Waals surface area contributed by atoms with Crippen LogP contribution in [-0.4, -0.2) is 4.99 Å². The van der Waals surface area contributed by atoms with E-state index < -0.39 is 0 Å². The van der Waals surface area contributed by atoms with Gasteiger partial charge in [-0.3, -0.25) is 0 Å². The van der Waals surface area contributed by atoms with E-state index >= 15 is 0 Å². The van der Waals surface area contributed by atoms with Crippen LogP contribution >= 0.6 is 28.1 Å². The smallest absolute Gasteiger partial charge is 0.106 e. The molecule has 0 fully saturated rings. The third kappa shape index (κ3) is 3.33. The molecule has 0 aliphatic heterocycles. The lowest BCUT2D eigenvalue weighted by Gasteiger charge is -2.14. The Balaban J connectivity index is 2.42. The van der Waals surface area contributed by atoms with Gasteiger partial charge in [-0.25, -0.2) is 0 Å². The van der Waals surface area contributed by atoms with E-state index in [4.69, 9.17) is 18.0 Å². The molecule has 0 unspecified atom stereocenters. The van der Waals surface area contributed by atoms with Gasteiger partial charge in [-0.1, -0.05) is 45.8 Å². The quantitative estimate of drug-likeness (QED) is 0.814. The zero-order valence-electron chi connectivity index (χ0n) is 10.8. The molecule has 0 atom stereocenters. The van der Waals surface area contributed by atoms with Crippen molar-refractivity contribution >= 4 is 44.5 Å². The van der Waals surface area contributed by atoms with Gasteiger partial charge >= 0.3 is 0 Å². The first kappa shape index (κ1) is 14.0. The third-order valence-corrected chi connectivity index (χ3v) is 3.61. The van der Waals surface area contributed by atoms with Crippen molar-refractivity contribution in [2.45, 2.75) is 13.8 Å². The number of aryl methyl sites for hydroxylation is 2. The van der Waals surface area contributed by atoms with E-state index in [0.29, 0.717) is 4.99 Å². The maximum atomic E-state index is 5.76. The van der Waals surface area contributed by atoms with Crippen LogP contribution in [-0.2, 0) is 0 Å². The minimum atomic E-state index is 0.389. The number of nitrogens with one attached hydrogen (secondary N) is 1. The normalized spacial score (nSPS) is 10.3. The number of hydrogen-bond acceptors (Lipinski definition) is 2. The van der Waals surface area contributed by atoms with Crippen molar-refractivity contribution in [3.8, 4) is 0 Å². The van der Waals surface area contributed by atoms with Gasteiger partial charge in [0.25, 0.3) is 0 Å². The Kier molecular flexibility index (Phi) is 4.22. The maximum Gasteiger partial charge on any atom is 0.106 e. The van der Waals surface area contributed by atoms with Gasteiger partial charge in [-0.2, -0.15) is 0 Å². The molecule has 0 aliphatic rings. The van der Waals surface area contributed by atoms with Gasteiger partial charge in [0.1, 0.15) is 4.99 Å². The summed E-state index contributed by atoms with van der Waals surface area (Å²) in [5.41, 5.74) is 11.0. The Morgan fingerprint density at radius 2 is 1.84 bits per heavy atom. The number of benzene rings is 2. The number of anilines is 2. The van der Waals surface area contributed by atoms with E-state index in [1.165, 1.54) is 11.1 Å². The first-order valence-electron chi connectivity index (χ1n) is 5.91. The summed E-state index contributed by atoms with van der Waals surface area (Å²) >= 11 is 8.55. The van der Waals surface area contributed by atoms with Gasteiger partial charge in [0, 0.05) is 21.4 Å². The van der Waals surface area contributed by atoms with Crippen LogP contribution in [0.5, 0.6) is 0 Å². The molecule has 0 spiro atoms. The van der Waals surface area contributed by atoms with Crippen LogP contribution in [0.1, 0.15) is 16.7 Å². The predicted octanol–water partition coefficient (Wildman–Crippen LogP) is 4.44. The first-order chi connectivity index (χ1) is 8.97. The number of rotatable bonds is 3. The van der Waals surface area contributed by atoms with E-state index in [1.807, 2.05) is 18.2 Å². The van der Waals surface area contributed by atoms with E-state index in [-0.39, 0.29) is 0 Å². The lowest BCUT2D eigenvalue weighted by atomic mass is 10.1. The van der Waals surface area contributed by atoms with Gasteiger partial charge < -0.3 is 11.1 Å². The molecular formula is C15H15BrN2S. The second kappa shape index (κ2) is 5.72. The van der Waals surface area contributed by atoms with Crippen molar-refractivity contribution in [2.75, 3.05) is 5.32 Å². The molecule has 98 valence electrons. The largest absolute Gasteiger partial charge is 0.389 e. The molecule has 3 N–H and O–H groups in total. The predicted molar refractivity (Wildman–Crippen MR) is 89.2 cm³/mol. The average molecular weight is 335 g/mol. The van der Waals surface area contributed by atoms with Gasteiger partial charge in [-0.15, -0.1) is 0 Å². The Morgan fingerprint density at radius 3 is 2.47 bits per heavy atom. The molecule has 0 bridgehead atoms. The van der Waals surface area contributed by atoms with Crippen molar-refractivity contribution < 1.29 is 0 Å². The molecule has 0 aliphatic carbocycles. The van der Waals surface area contributed by atoms with E-state index in [2.05, 4.69) is 53.3 Å². The second-order valence-corrected chi connectivity index (χ2v) is 5.85. The number of halogens is 1. The highest BCUT2D eigenvalue weighted by molar-refractivity contribution is 9.10. The van der Waals surface area contributed by atoms with Crippen LogP contribution in [0.15, 0.2) is 40.9 Å². The van der Waals surface area contributed by atoms with Crippen LogP contribution < -0.4 is 11.1 Å². The van der Waals surface area contributed by atoms with Crippen LogP contribution in [0.25, 0.3) is 0 Å². The van der Waals surface area contributed by atoms with Crippen molar-refractivity contribution in [1.29, 1.82) is 0 Å². The summed E-state index contributed by atoms with van der Waals surface area (Å²) in [7, 11) is 0. The van der Waals surface area contributed by atoms with Crippen molar-refractivity contribution in [1.82, 2.24) is 0 Å². The molecular weight excluding hydrogens is 320 g/mol. The molecule has 2 aromatic rings. The molecule has 2 rings (SSSR count). The highest BCUT2D eigenvalue weighted by Crippen LogP contribution is 2.27. The van der Waals surface area contributed by atoms with Gasteiger partial charge in [0.05, 0.1) is 0 Å². The summed E-state index contributed by atoms with van der Waals surface area (Å²) in [6.45, 7) is 4.16. The van der Waals surface area contributed by atoms with Crippen molar-refractivity contribution in [3.63, 3.8) is 0 Å². The van der Waals surface area contributed by atoms with Crippen molar-refractivity contribution in [3.05, 3.63) is 57.6 Å². The topological polar surface area (TPSA) is 38.0 Å². The van der Waals surface area contributed by atoms with Crippen LogP contribution in [0.3, 0.4) is 0 Å². The van der Waals surface area contributed by atoms with Crippen molar-refractivity contribution in [2.24, 2.45) is 5.73 Å². The van der Waals surface area contributed by atoms with E-state index in [0.717, 1.165) is 21.4 Å². The summed E-state index contributed by atoms with van der Waals surface area (Å²) in [6, 6.07) is 12.1. The molecule has 0 saturated carbocycles. The Bertz CT molecular complexity index is 638. The maximum absolute atomic E-state index is 5.76. The highest BCUT2D eigenvalue weighted by atomic mass is 79.9. The van der Waals surface area contributed by atoms with Crippen LogP contribution in [0.4, 0.5) is 11.4 Å². The van der Waals surface area contributed by atoms with Crippen LogP contribution in [0, 0.1) is 13.8 Å². The summed E-state index contributed by atoms with van der Waals surface area (Å²) < 4.78 is 0.986. The molecule has 0 radical (unpaired) electrons. The SMILES string of the molecule is Cc1ccc(Nc2cc(Br)ccc2C(N)=S)c(C)c1. The monoisotopic (exact) mass is 334 g/mol. The zero-order chi connectivity index (χ0) is 14.0. The molecule has 0 heterocycles. The molecule has 0 saturated heterocycles. The Labute approximate surface area is 127 Å². The summed E-state index contributed by atoms with van der Waals surface area (Å²) in [4.78, 5) is 0.389. The summed E-state index contributed by atoms with van der Waals surface area (Å²) in [5, 5.41) is 3.39. The summed E-state index contributed by atoms with van der Waals surface area (Å²) in [5.74, 6) is 0. The Hall–Kier alpha value is -1.39. The fraction of sp³-hybridized carbons (Fsp3) is 0.133. The third-order valence-electron chi connectivity index (χ3n) is 2.90. The van der Waals surface area contributed by atoms with Gasteiger partial charge in [-0.05, 0) is 43.7 Å². The van der Waals surface area contributed by atoms with Gasteiger partial charge in [0.15, 0.2) is 0 Å². The van der Waals surface area contributed by atoms with Crippen LogP contribution in [0.2, 0.25) is 0 Å². The molecule has 0 amide bonds. The second-order valence-electron chi connectivity index (χ2n) is 4.50. The summed E-state index contributed by atoms with van der Waals surface area (Å²) in [6.07, 6.45) is 0. The Morgan fingerprint density at radius 1 is 1.11 bits per heavy atom. The molecule has 4 heteroatoms. The first-order valence-corrected chi connectivity index (χ1v) is 7.11. The average Bonchev–Trinajstić information content (AvgIpc) is 2.32. The highest BCUT2D eigenvalue weighted by Gasteiger charge is 2.07. The minimum absolute atomic E-state index is 0.389. The standard InChI is InChI=1S/C15H15BrN2S/c1-9-3-6-13(10(2)7-9)18-14-8-11(16)4-5-12(14)15(17)19/h3-8,18H,1-2H3,(H2,17,19). The number of nitrogens with two attached hydrogens (primary N) is 1. The van der Waals surface area contributed by atoms with E-state index in [1.54, 1.807) is 0 Å². The molecule has 2 aromatic carbocycles. The van der Waals surface area contributed by atoms with E-state index in [9.17, 15) is 0 Å². The molecule has 0 aromatic heterocycles. The van der Waals surface area contributed by atoms with Gasteiger partial charge in [0.2, 0.25) is 0 Å².